The van der Waals surface area contributed by atoms with E-state index in [-0.39, 0.29) is 0 Å². The van der Waals surface area contributed by atoms with Crippen LogP contribution in [-0.4, -0.2) is 35.2 Å². The molecule has 1 atom stereocenters. The van der Waals surface area contributed by atoms with Crippen LogP contribution in [-0.2, 0) is 6.54 Å². The number of benzene rings is 1. The van der Waals surface area contributed by atoms with Gasteiger partial charge in [0.25, 0.3) is 5.91 Å². The Morgan fingerprint density at radius 3 is 2.95 bits per heavy atom. The van der Waals surface area contributed by atoms with Gasteiger partial charge in [0.15, 0.2) is 0 Å². The van der Waals surface area contributed by atoms with Crippen LogP contribution in [0.25, 0.3) is 0 Å². The molecule has 1 aromatic rings. The Morgan fingerprint density at radius 2 is 2.30 bits per heavy atom. The van der Waals surface area contributed by atoms with Crippen molar-refractivity contribution in [2.45, 2.75) is 33.4 Å². The van der Waals surface area contributed by atoms with Gasteiger partial charge in [0, 0.05) is 30.3 Å². The molecule has 0 radical (unpaired) electrons. The van der Waals surface area contributed by atoms with E-state index < -0.39 is 5.91 Å². The molecule has 1 amide bonds. The molecule has 5 nitrogen and oxygen atoms in total. The Morgan fingerprint density at radius 1 is 1.55 bits per heavy atom. The molecule has 0 saturated carbocycles. The predicted octanol–water partition coefficient (Wildman–Crippen LogP) is 2.04. The lowest BCUT2D eigenvalue weighted by molar-refractivity contribution is 0.0706. The highest BCUT2D eigenvalue weighted by Gasteiger charge is 2.22. The number of fused-ring (bicyclic) bond motifs is 1. The van der Waals surface area contributed by atoms with E-state index in [1.54, 1.807) is 17.6 Å². The molecule has 2 rings (SSSR count). The number of hydroxylamine groups is 1. The van der Waals surface area contributed by atoms with E-state index in [1.807, 2.05) is 6.07 Å². The number of hydrogen-bond donors (Lipinski definition) is 2. The van der Waals surface area contributed by atoms with Crippen molar-refractivity contribution in [2.24, 2.45) is 5.92 Å². The molecule has 1 aliphatic heterocycles. The van der Waals surface area contributed by atoms with E-state index in [2.05, 4.69) is 25.7 Å². The molecular weight excluding hydrogens is 256 g/mol. The van der Waals surface area contributed by atoms with Crippen molar-refractivity contribution in [3.8, 4) is 5.75 Å². The molecule has 5 heteroatoms. The fourth-order valence-corrected chi connectivity index (χ4v) is 2.43. The maximum absolute atomic E-state index is 11.4. The maximum Gasteiger partial charge on any atom is 0.274 e. The molecule has 0 saturated heterocycles. The number of hydrogen-bond acceptors (Lipinski definition) is 4. The normalized spacial score (nSPS) is 19.1. The van der Waals surface area contributed by atoms with Gasteiger partial charge >= 0.3 is 0 Å². The summed E-state index contributed by atoms with van der Waals surface area (Å²) in [4.78, 5) is 13.8. The summed E-state index contributed by atoms with van der Waals surface area (Å²) in [5.74, 6) is 0.801. The number of carbonyl (C=O) groups is 1. The lowest BCUT2D eigenvalue weighted by Crippen LogP contribution is -2.37. The van der Waals surface area contributed by atoms with Gasteiger partial charge < -0.3 is 4.74 Å². The number of amides is 1. The minimum absolute atomic E-state index is 0.333. The van der Waals surface area contributed by atoms with E-state index in [1.165, 1.54) is 0 Å². The second-order valence-corrected chi connectivity index (χ2v) is 5.75. The van der Waals surface area contributed by atoms with Gasteiger partial charge in [0.2, 0.25) is 0 Å². The Bertz CT molecular complexity index is 488. The van der Waals surface area contributed by atoms with Gasteiger partial charge in [-0.3, -0.25) is 14.9 Å². The number of nitrogens with zero attached hydrogens (tertiary/aromatic N) is 1. The fourth-order valence-electron chi connectivity index (χ4n) is 2.43. The summed E-state index contributed by atoms with van der Waals surface area (Å²) in [6.45, 7) is 8.99. The lowest BCUT2D eigenvalue weighted by atomic mass is 10.1. The fraction of sp³-hybridized carbons (Fsp3) is 0.533. The molecule has 0 fully saturated rings. The molecule has 1 heterocycles. The van der Waals surface area contributed by atoms with Crippen molar-refractivity contribution in [2.75, 3.05) is 13.2 Å². The van der Waals surface area contributed by atoms with Gasteiger partial charge in [-0.1, -0.05) is 19.9 Å². The molecule has 110 valence electrons. The van der Waals surface area contributed by atoms with E-state index in [9.17, 15) is 4.79 Å². The van der Waals surface area contributed by atoms with Crippen LogP contribution in [0.3, 0.4) is 0 Å². The van der Waals surface area contributed by atoms with Crippen molar-refractivity contribution in [3.63, 3.8) is 0 Å². The summed E-state index contributed by atoms with van der Waals surface area (Å²) < 4.78 is 5.80. The Kier molecular flexibility index (Phi) is 4.62. The first-order valence-corrected chi connectivity index (χ1v) is 6.95. The minimum atomic E-state index is -0.521. The first-order valence-electron chi connectivity index (χ1n) is 6.95. The van der Waals surface area contributed by atoms with Crippen LogP contribution in [0.2, 0.25) is 0 Å². The second kappa shape index (κ2) is 6.24. The molecular formula is C15H22N2O3. The van der Waals surface area contributed by atoms with E-state index in [4.69, 9.17) is 9.94 Å². The molecule has 1 unspecified atom stereocenters. The van der Waals surface area contributed by atoms with E-state index >= 15 is 0 Å². The molecule has 1 aliphatic rings. The third-order valence-electron chi connectivity index (χ3n) is 3.51. The van der Waals surface area contributed by atoms with Crippen molar-refractivity contribution < 1.29 is 14.7 Å². The van der Waals surface area contributed by atoms with Crippen molar-refractivity contribution >= 4 is 5.91 Å². The van der Waals surface area contributed by atoms with Crippen molar-refractivity contribution in [1.29, 1.82) is 0 Å². The third kappa shape index (κ3) is 3.29. The second-order valence-electron chi connectivity index (χ2n) is 5.75. The standard InChI is InChI=1S/C15H22N2O3/c1-10(2)7-17-8-13-5-4-12(15(18)16-19)6-14(13)20-9-11(17)3/h4-6,10-11,19H,7-9H2,1-3H3,(H,16,18). The Balaban J connectivity index is 2.24. The maximum atomic E-state index is 11.4. The quantitative estimate of drug-likeness (QED) is 0.656. The van der Waals surface area contributed by atoms with Crippen LogP contribution in [0, 0.1) is 5.92 Å². The van der Waals surface area contributed by atoms with Gasteiger partial charge in [-0.2, -0.15) is 0 Å². The van der Waals surface area contributed by atoms with Gasteiger partial charge in [-0.15, -0.1) is 0 Å². The number of carbonyl (C=O) groups excluding carboxylic acids is 1. The molecule has 20 heavy (non-hydrogen) atoms. The van der Waals surface area contributed by atoms with Crippen LogP contribution in [0.1, 0.15) is 36.7 Å². The summed E-state index contributed by atoms with van der Waals surface area (Å²) in [6, 6.07) is 5.62. The highest BCUT2D eigenvalue weighted by molar-refractivity contribution is 5.93. The Labute approximate surface area is 119 Å². The van der Waals surface area contributed by atoms with Gasteiger partial charge in [0.05, 0.1) is 0 Å². The summed E-state index contributed by atoms with van der Waals surface area (Å²) in [7, 11) is 0. The monoisotopic (exact) mass is 278 g/mol. The first kappa shape index (κ1) is 14.8. The largest absolute Gasteiger partial charge is 0.492 e. The van der Waals surface area contributed by atoms with E-state index in [0.29, 0.717) is 24.1 Å². The summed E-state index contributed by atoms with van der Waals surface area (Å²) in [5.41, 5.74) is 3.12. The topological polar surface area (TPSA) is 61.8 Å². The number of nitrogens with one attached hydrogen (secondary N) is 1. The zero-order valence-corrected chi connectivity index (χ0v) is 12.2. The SMILES string of the molecule is CC(C)CN1Cc2ccc(C(=O)NO)cc2OCC1C. The molecule has 1 aromatic carbocycles. The van der Waals surface area contributed by atoms with Crippen molar-refractivity contribution in [1.82, 2.24) is 10.4 Å². The highest BCUT2D eigenvalue weighted by Crippen LogP contribution is 2.26. The summed E-state index contributed by atoms with van der Waals surface area (Å²) in [5, 5.41) is 8.68. The zero-order valence-electron chi connectivity index (χ0n) is 12.2. The van der Waals surface area contributed by atoms with Crippen LogP contribution < -0.4 is 10.2 Å². The van der Waals surface area contributed by atoms with E-state index in [0.717, 1.165) is 24.4 Å². The van der Waals surface area contributed by atoms with Crippen molar-refractivity contribution in [3.05, 3.63) is 29.3 Å². The molecule has 0 bridgehead atoms. The zero-order chi connectivity index (χ0) is 14.7. The van der Waals surface area contributed by atoms with Crippen LogP contribution in [0.15, 0.2) is 18.2 Å². The highest BCUT2D eigenvalue weighted by atomic mass is 16.5. The smallest absolute Gasteiger partial charge is 0.274 e. The van der Waals surface area contributed by atoms with Crippen LogP contribution in [0.5, 0.6) is 5.75 Å². The predicted molar refractivity (Wildman–Crippen MR) is 75.9 cm³/mol. The van der Waals surface area contributed by atoms with Gasteiger partial charge in [0.1, 0.15) is 12.4 Å². The van der Waals surface area contributed by atoms with Gasteiger partial charge in [-0.25, -0.2) is 5.48 Å². The molecule has 2 N–H and O–H groups in total. The lowest BCUT2D eigenvalue weighted by Gasteiger charge is -2.27. The number of rotatable bonds is 3. The van der Waals surface area contributed by atoms with Gasteiger partial charge in [-0.05, 0) is 25.0 Å². The minimum Gasteiger partial charge on any atom is -0.492 e. The molecule has 0 aromatic heterocycles. The Hall–Kier alpha value is -1.59. The summed E-state index contributed by atoms with van der Waals surface area (Å²) >= 11 is 0. The first-order chi connectivity index (χ1) is 9.51. The van der Waals surface area contributed by atoms with Crippen LogP contribution >= 0.6 is 0 Å². The molecule has 0 spiro atoms. The third-order valence-corrected chi connectivity index (χ3v) is 3.51. The average molecular weight is 278 g/mol. The summed E-state index contributed by atoms with van der Waals surface area (Å²) in [6.07, 6.45) is 0. The number of ether oxygens (including phenoxy) is 1. The molecule has 0 aliphatic carbocycles. The average Bonchev–Trinajstić information content (AvgIpc) is 2.57. The van der Waals surface area contributed by atoms with Crippen LogP contribution in [0.4, 0.5) is 0 Å².